The summed E-state index contributed by atoms with van der Waals surface area (Å²) >= 11 is 3.41. The van der Waals surface area contributed by atoms with E-state index in [1.807, 2.05) is 18.2 Å². The van der Waals surface area contributed by atoms with Crippen LogP contribution in [0.4, 0.5) is 4.79 Å². The van der Waals surface area contributed by atoms with Crippen molar-refractivity contribution in [2.24, 2.45) is 5.73 Å². The Kier molecular flexibility index (Phi) is 3.86. The van der Waals surface area contributed by atoms with Gasteiger partial charge in [0.1, 0.15) is 12.4 Å². The number of amides is 1. The summed E-state index contributed by atoms with van der Waals surface area (Å²) in [5.74, 6) is 0.706. The number of para-hydroxylation sites is 1. The van der Waals surface area contributed by atoms with Gasteiger partial charge in [-0.05, 0) is 22.0 Å². The number of nitrogens with one attached hydrogen (secondary N) is 1. The van der Waals surface area contributed by atoms with Crippen LogP contribution in [-0.2, 0) is 11.3 Å². The molecule has 1 aromatic rings. The highest BCUT2D eigenvalue weighted by Gasteiger charge is 2.23. The summed E-state index contributed by atoms with van der Waals surface area (Å²) < 4.78 is 11.5. The first kappa shape index (κ1) is 12.2. The molecular weight excluding hydrogens is 288 g/mol. The van der Waals surface area contributed by atoms with Gasteiger partial charge in [-0.1, -0.05) is 12.1 Å². The van der Waals surface area contributed by atoms with Gasteiger partial charge in [-0.2, -0.15) is 0 Å². The van der Waals surface area contributed by atoms with Gasteiger partial charge in [0.15, 0.2) is 6.10 Å². The molecule has 1 aliphatic heterocycles. The van der Waals surface area contributed by atoms with Gasteiger partial charge in [0, 0.05) is 12.1 Å². The predicted molar refractivity (Wildman–Crippen MR) is 65.8 cm³/mol. The first-order chi connectivity index (χ1) is 8.20. The van der Waals surface area contributed by atoms with Crippen molar-refractivity contribution < 1.29 is 14.3 Å². The molecule has 92 valence electrons. The van der Waals surface area contributed by atoms with Gasteiger partial charge in [-0.15, -0.1) is 0 Å². The zero-order valence-corrected chi connectivity index (χ0v) is 10.7. The Labute approximate surface area is 107 Å². The molecule has 5 nitrogen and oxygen atoms in total. The van der Waals surface area contributed by atoms with Gasteiger partial charge in [0.2, 0.25) is 0 Å². The molecule has 0 bridgehead atoms. The minimum atomic E-state index is -0.398. The summed E-state index contributed by atoms with van der Waals surface area (Å²) in [5, 5.41) is 2.57. The van der Waals surface area contributed by atoms with Crippen molar-refractivity contribution in [1.82, 2.24) is 5.32 Å². The van der Waals surface area contributed by atoms with Crippen molar-refractivity contribution in [2.45, 2.75) is 12.6 Å². The highest BCUT2D eigenvalue weighted by molar-refractivity contribution is 9.10. The van der Waals surface area contributed by atoms with Crippen LogP contribution < -0.4 is 15.8 Å². The van der Waals surface area contributed by atoms with Crippen molar-refractivity contribution in [3.8, 4) is 5.75 Å². The van der Waals surface area contributed by atoms with E-state index in [1.54, 1.807) is 0 Å². The molecule has 6 heteroatoms. The van der Waals surface area contributed by atoms with E-state index in [2.05, 4.69) is 21.2 Å². The molecule has 17 heavy (non-hydrogen) atoms. The average Bonchev–Trinajstić information content (AvgIpc) is 2.73. The van der Waals surface area contributed by atoms with E-state index in [9.17, 15) is 4.79 Å². The fourth-order valence-corrected chi connectivity index (χ4v) is 2.10. The van der Waals surface area contributed by atoms with Crippen LogP contribution in [0.5, 0.6) is 5.75 Å². The highest BCUT2D eigenvalue weighted by atomic mass is 79.9. The lowest BCUT2D eigenvalue weighted by Crippen LogP contribution is -2.22. The lowest BCUT2D eigenvalue weighted by molar-refractivity contribution is 0.104. The summed E-state index contributed by atoms with van der Waals surface area (Å²) in [7, 11) is 0. The molecule has 0 spiro atoms. The van der Waals surface area contributed by atoms with Crippen molar-refractivity contribution in [3.05, 3.63) is 28.2 Å². The fourth-order valence-electron chi connectivity index (χ4n) is 1.58. The maximum atomic E-state index is 10.8. The van der Waals surface area contributed by atoms with Crippen LogP contribution in [0, 0.1) is 0 Å². The van der Waals surface area contributed by atoms with E-state index in [0.29, 0.717) is 25.4 Å². The number of alkyl carbamates (subject to hydrolysis) is 1. The molecular formula is C11H13BrN2O3. The maximum absolute atomic E-state index is 10.8. The molecule has 0 radical (unpaired) electrons. The summed E-state index contributed by atoms with van der Waals surface area (Å²) in [6.45, 7) is 1.19. The Morgan fingerprint density at radius 1 is 1.59 bits per heavy atom. The monoisotopic (exact) mass is 300 g/mol. The van der Waals surface area contributed by atoms with Crippen LogP contribution in [0.25, 0.3) is 0 Å². The van der Waals surface area contributed by atoms with E-state index in [1.165, 1.54) is 0 Å². The first-order valence-electron chi connectivity index (χ1n) is 5.25. The van der Waals surface area contributed by atoms with Gasteiger partial charge in [0.05, 0.1) is 11.0 Å². The number of ether oxygens (including phenoxy) is 2. The van der Waals surface area contributed by atoms with Gasteiger partial charge >= 0.3 is 6.09 Å². The third kappa shape index (κ3) is 2.89. The second kappa shape index (κ2) is 5.37. The van der Waals surface area contributed by atoms with E-state index in [4.69, 9.17) is 15.2 Å². The highest BCUT2D eigenvalue weighted by Crippen LogP contribution is 2.29. The number of carbonyl (C=O) groups is 1. The van der Waals surface area contributed by atoms with Crippen molar-refractivity contribution in [3.63, 3.8) is 0 Å². The standard InChI is InChI=1S/C11H13BrN2O3/c12-9-3-1-2-7(4-13)10(9)16-6-8-5-14-11(15)17-8/h1-3,8H,4-6,13H2,(H,14,15). The zero-order valence-electron chi connectivity index (χ0n) is 9.11. The SMILES string of the molecule is NCc1cccc(Br)c1OCC1CNC(=O)O1. The molecule has 1 heterocycles. The molecule has 1 aromatic carbocycles. The summed E-state index contributed by atoms with van der Waals surface area (Å²) in [6.07, 6.45) is -0.648. The Morgan fingerprint density at radius 3 is 3.06 bits per heavy atom. The predicted octanol–water partition coefficient (Wildman–Crippen LogP) is 1.40. The van der Waals surface area contributed by atoms with Crippen LogP contribution in [0.15, 0.2) is 22.7 Å². The average molecular weight is 301 g/mol. The molecule has 1 amide bonds. The van der Waals surface area contributed by atoms with Crippen molar-refractivity contribution in [1.29, 1.82) is 0 Å². The Morgan fingerprint density at radius 2 is 2.41 bits per heavy atom. The third-order valence-corrected chi connectivity index (χ3v) is 3.05. The number of halogens is 1. The first-order valence-corrected chi connectivity index (χ1v) is 6.04. The number of carbonyl (C=O) groups excluding carboxylic acids is 1. The Balaban J connectivity index is 2.01. The lowest BCUT2D eigenvalue weighted by atomic mass is 10.2. The molecule has 0 saturated carbocycles. The van der Waals surface area contributed by atoms with E-state index in [-0.39, 0.29) is 6.10 Å². The normalized spacial score (nSPS) is 18.7. The quantitative estimate of drug-likeness (QED) is 0.881. The topological polar surface area (TPSA) is 73.6 Å². The third-order valence-electron chi connectivity index (χ3n) is 2.43. The number of benzene rings is 1. The van der Waals surface area contributed by atoms with Crippen LogP contribution in [0.2, 0.25) is 0 Å². The van der Waals surface area contributed by atoms with E-state index in [0.717, 1.165) is 10.0 Å². The molecule has 0 aliphatic carbocycles. The molecule has 1 atom stereocenters. The lowest BCUT2D eigenvalue weighted by Gasteiger charge is -2.14. The Bertz CT molecular complexity index is 425. The largest absolute Gasteiger partial charge is 0.488 e. The summed E-state index contributed by atoms with van der Waals surface area (Å²) in [5.41, 5.74) is 6.54. The minimum absolute atomic E-state index is 0.250. The van der Waals surface area contributed by atoms with Gasteiger partial charge < -0.3 is 20.5 Å². The molecule has 3 N–H and O–H groups in total. The minimum Gasteiger partial charge on any atom is -0.488 e. The molecule has 1 saturated heterocycles. The maximum Gasteiger partial charge on any atom is 0.407 e. The number of hydrogen-bond donors (Lipinski definition) is 2. The summed E-state index contributed by atoms with van der Waals surface area (Å²) in [4.78, 5) is 10.8. The van der Waals surface area contributed by atoms with E-state index < -0.39 is 6.09 Å². The fraction of sp³-hybridized carbons (Fsp3) is 0.364. The van der Waals surface area contributed by atoms with Gasteiger partial charge in [0.25, 0.3) is 0 Å². The van der Waals surface area contributed by atoms with E-state index >= 15 is 0 Å². The van der Waals surface area contributed by atoms with Crippen molar-refractivity contribution in [2.75, 3.05) is 13.2 Å². The van der Waals surface area contributed by atoms with Crippen LogP contribution in [0.1, 0.15) is 5.56 Å². The van der Waals surface area contributed by atoms with Crippen LogP contribution in [0.3, 0.4) is 0 Å². The Hall–Kier alpha value is -1.27. The second-order valence-corrected chi connectivity index (χ2v) is 4.51. The van der Waals surface area contributed by atoms with Crippen LogP contribution in [-0.4, -0.2) is 25.3 Å². The number of rotatable bonds is 4. The number of nitrogens with two attached hydrogens (primary N) is 1. The number of cyclic esters (lactones) is 1. The molecule has 2 rings (SSSR count). The summed E-state index contributed by atoms with van der Waals surface area (Å²) in [6, 6.07) is 5.68. The van der Waals surface area contributed by atoms with Gasteiger partial charge in [-0.25, -0.2) is 4.79 Å². The molecule has 0 aromatic heterocycles. The zero-order chi connectivity index (χ0) is 12.3. The molecule has 1 unspecified atom stereocenters. The van der Waals surface area contributed by atoms with Crippen molar-refractivity contribution >= 4 is 22.0 Å². The van der Waals surface area contributed by atoms with Gasteiger partial charge in [-0.3, -0.25) is 0 Å². The van der Waals surface area contributed by atoms with Crippen LogP contribution >= 0.6 is 15.9 Å². The smallest absolute Gasteiger partial charge is 0.407 e. The second-order valence-electron chi connectivity index (χ2n) is 3.65. The molecule has 1 fully saturated rings. The molecule has 1 aliphatic rings. The number of hydrogen-bond acceptors (Lipinski definition) is 4.